The van der Waals surface area contributed by atoms with Gasteiger partial charge in [0.2, 0.25) is 5.78 Å². The molecular formula is C22H34N2O7. The number of carbonyl (C=O) groups is 4. The summed E-state index contributed by atoms with van der Waals surface area (Å²) >= 11 is 0. The van der Waals surface area contributed by atoms with Crippen molar-refractivity contribution in [2.45, 2.75) is 57.8 Å². The molecule has 0 radical (unpaired) electrons. The third kappa shape index (κ3) is 11.3. The number of hydrogen-bond donors (Lipinski definition) is 3. The molecule has 9 heteroatoms. The molecule has 3 N–H and O–H groups in total. The lowest BCUT2D eigenvalue weighted by atomic mass is 10.1. The Morgan fingerprint density at radius 1 is 1.00 bits per heavy atom. The predicted octanol–water partition coefficient (Wildman–Crippen LogP) is 1.87. The van der Waals surface area contributed by atoms with E-state index < -0.39 is 23.6 Å². The Morgan fingerprint density at radius 3 is 2.29 bits per heavy atom. The number of ether oxygens (including phenoxy) is 2. The maximum Gasteiger partial charge on any atom is 0.345 e. The molecule has 0 bridgehead atoms. The Kier molecular flexibility index (Phi) is 13.7. The number of rotatable bonds is 15. The van der Waals surface area contributed by atoms with Crippen molar-refractivity contribution in [3.05, 3.63) is 23.5 Å². The monoisotopic (exact) mass is 438 g/mol. The van der Waals surface area contributed by atoms with Gasteiger partial charge in [-0.15, -0.1) is 0 Å². The van der Waals surface area contributed by atoms with Gasteiger partial charge in [0.1, 0.15) is 17.9 Å². The van der Waals surface area contributed by atoms with Crippen LogP contribution < -0.4 is 10.6 Å². The van der Waals surface area contributed by atoms with Crippen LogP contribution in [0.1, 0.15) is 57.8 Å². The first kappa shape index (κ1) is 26.4. The molecule has 0 aromatic rings. The minimum absolute atomic E-state index is 0.151. The predicted molar refractivity (Wildman–Crippen MR) is 114 cm³/mol. The van der Waals surface area contributed by atoms with E-state index in [9.17, 15) is 24.3 Å². The summed E-state index contributed by atoms with van der Waals surface area (Å²) in [7, 11) is 1.43. The summed E-state index contributed by atoms with van der Waals surface area (Å²) in [5.74, 6) is -2.85. The molecule has 0 saturated carbocycles. The molecule has 174 valence electrons. The van der Waals surface area contributed by atoms with E-state index in [4.69, 9.17) is 4.74 Å². The van der Waals surface area contributed by atoms with Crippen molar-refractivity contribution in [2.24, 2.45) is 0 Å². The summed E-state index contributed by atoms with van der Waals surface area (Å²) < 4.78 is 9.87. The number of aliphatic hydroxyl groups excluding tert-OH is 1. The van der Waals surface area contributed by atoms with Crippen molar-refractivity contribution >= 4 is 23.6 Å². The number of hydrogen-bond acceptors (Lipinski definition) is 7. The molecule has 9 nitrogen and oxygen atoms in total. The molecule has 0 atom stereocenters. The molecule has 0 aromatic carbocycles. The van der Waals surface area contributed by atoms with Crippen LogP contribution in [0.3, 0.4) is 0 Å². The van der Waals surface area contributed by atoms with Crippen molar-refractivity contribution < 1.29 is 33.8 Å². The first-order chi connectivity index (χ1) is 15.0. The van der Waals surface area contributed by atoms with Crippen molar-refractivity contribution in [2.75, 3.05) is 33.4 Å². The van der Waals surface area contributed by atoms with Crippen LogP contribution in [0, 0.1) is 0 Å². The van der Waals surface area contributed by atoms with Crippen molar-refractivity contribution in [1.82, 2.24) is 10.6 Å². The van der Waals surface area contributed by atoms with Gasteiger partial charge in [-0.1, -0.05) is 31.4 Å². The minimum Gasteiger partial charge on any atom is -0.509 e. The second-order valence-corrected chi connectivity index (χ2v) is 7.23. The Labute approximate surface area is 183 Å². The van der Waals surface area contributed by atoms with Crippen LogP contribution >= 0.6 is 0 Å². The Hall–Kier alpha value is -2.68. The average Bonchev–Trinajstić information content (AvgIpc) is 3.10. The molecule has 1 aliphatic rings. The largest absolute Gasteiger partial charge is 0.509 e. The summed E-state index contributed by atoms with van der Waals surface area (Å²) in [6, 6.07) is 0. The Bertz CT molecular complexity index is 653. The number of nitrogens with one attached hydrogen (secondary N) is 2. The zero-order chi connectivity index (χ0) is 22.9. The third-order valence-corrected chi connectivity index (χ3v) is 4.69. The van der Waals surface area contributed by atoms with Gasteiger partial charge in [-0.05, 0) is 38.5 Å². The number of ketones is 1. The SMILES string of the molecule is CNC(=O)C(=O)NCCCC/C=C\CCCCCCCOCC(O)=C1C(=O)COC1=O. The average molecular weight is 439 g/mol. The van der Waals surface area contributed by atoms with E-state index in [0.29, 0.717) is 13.2 Å². The van der Waals surface area contributed by atoms with E-state index in [1.165, 1.54) is 7.05 Å². The maximum atomic E-state index is 11.4. The van der Waals surface area contributed by atoms with E-state index in [-0.39, 0.29) is 24.5 Å². The van der Waals surface area contributed by atoms with Crippen LogP contribution in [-0.2, 0) is 28.7 Å². The first-order valence-electron chi connectivity index (χ1n) is 10.8. The molecule has 0 aromatic heterocycles. The molecule has 31 heavy (non-hydrogen) atoms. The molecular weight excluding hydrogens is 404 g/mol. The molecule has 2 amide bonds. The molecule has 0 aliphatic carbocycles. The van der Waals surface area contributed by atoms with Crippen LogP contribution in [0.5, 0.6) is 0 Å². The summed E-state index contributed by atoms with van der Waals surface area (Å²) in [6.07, 6.45) is 13.4. The molecule has 1 fully saturated rings. The van der Waals surface area contributed by atoms with Crippen molar-refractivity contribution in [3.63, 3.8) is 0 Å². The van der Waals surface area contributed by atoms with Gasteiger partial charge >= 0.3 is 17.8 Å². The van der Waals surface area contributed by atoms with Crippen molar-refractivity contribution in [3.8, 4) is 0 Å². The normalized spacial score (nSPS) is 15.3. The molecule has 1 heterocycles. The number of allylic oxidation sites excluding steroid dienone is 2. The number of esters is 1. The fraction of sp³-hybridized carbons (Fsp3) is 0.636. The maximum absolute atomic E-state index is 11.4. The third-order valence-electron chi connectivity index (χ3n) is 4.69. The van der Waals surface area contributed by atoms with Crippen LogP contribution in [0.15, 0.2) is 23.5 Å². The fourth-order valence-electron chi connectivity index (χ4n) is 2.92. The highest BCUT2D eigenvalue weighted by Gasteiger charge is 2.31. The van der Waals surface area contributed by atoms with Gasteiger partial charge in [-0.2, -0.15) is 0 Å². The second-order valence-electron chi connectivity index (χ2n) is 7.23. The fourth-order valence-corrected chi connectivity index (χ4v) is 2.92. The number of amides is 2. The molecule has 1 aliphatic heterocycles. The Balaban J connectivity index is 1.89. The van der Waals surface area contributed by atoms with Gasteiger partial charge in [-0.25, -0.2) is 4.79 Å². The summed E-state index contributed by atoms with van der Waals surface area (Å²) in [5, 5.41) is 14.6. The van der Waals surface area contributed by atoms with Crippen LogP contribution in [0.2, 0.25) is 0 Å². The van der Waals surface area contributed by atoms with E-state index in [2.05, 4.69) is 27.5 Å². The van der Waals surface area contributed by atoms with Gasteiger partial charge < -0.3 is 25.2 Å². The quantitative estimate of drug-likeness (QED) is 0.0676. The lowest BCUT2D eigenvalue weighted by Gasteiger charge is -2.05. The number of carbonyl (C=O) groups excluding carboxylic acids is 4. The lowest BCUT2D eigenvalue weighted by Crippen LogP contribution is -2.38. The molecule has 0 spiro atoms. The van der Waals surface area contributed by atoms with Gasteiger partial charge in [0.15, 0.2) is 6.61 Å². The summed E-state index contributed by atoms with van der Waals surface area (Å²) in [6.45, 7) is 0.504. The van der Waals surface area contributed by atoms with Crippen LogP contribution in [0.25, 0.3) is 0 Å². The summed E-state index contributed by atoms with van der Waals surface area (Å²) in [5.41, 5.74) is -0.291. The van der Waals surface area contributed by atoms with E-state index in [1.807, 2.05) is 0 Å². The van der Waals surface area contributed by atoms with Gasteiger partial charge in [0.05, 0.1) is 0 Å². The zero-order valence-corrected chi connectivity index (χ0v) is 18.2. The molecule has 1 rings (SSSR count). The molecule has 1 saturated heterocycles. The molecule has 0 unspecified atom stereocenters. The van der Waals surface area contributed by atoms with Gasteiger partial charge in [0, 0.05) is 20.2 Å². The van der Waals surface area contributed by atoms with Crippen molar-refractivity contribution in [1.29, 1.82) is 0 Å². The van der Waals surface area contributed by atoms with E-state index >= 15 is 0 Å². The number of unbranched alkanes of at least 4 members (excludes halogenated alkanes) is 7. The van der Waals surface area contributed by atoms with Crippen LogP contribution in [0.4, 0.5) is 0 Å². The Morgan fingerprint density at radius 2 is 1.65 bits per heavy atom. The van der Waals surface area contributed by atoms with Crippen LogP contribution in [-0.4, -0.2) is 62.1 Å². The standard InChI is InChI=1S/C22H34N2O7/c1-23-20(27)21(28)24-13-11-9-7-5-3-2-4-6-8-10-12-14-30-15-17(25)19-18(26)16-31-22(19)29/h3,5,25H,2,4,6-16H2,1H3,(H,23,27)(H,24,28)/b5-3-,19-17?. The summed E-state index contributed by atoms with van der Waals surface area (Å²) in [4.78, 5) is 44.9. The lowest BCUT2D eigenvalue weighted by molar-refractivity contribution is -0.138. The van der Waals surface area contributed by atoms with Gasteiger partial charge in [-0.3, -0.25) is 14.4 Å². The highest BCUT2D eigenvalue weighted by Crippen LogP contribution is 2.14. The second kappa shape index (κ2) is 16.1. The van der Waals surface area contributed by atoms with E-state index in [0.717, 1.165) is 57.8 Å². The number of cyclic esters (lactones) is 1. The number of Topliss-reactive ketones (excluding diaryl/α,β-unsaturated/α-hetero) is 1. The minimum atomic E-state index is -0.786. The zero-order valence-electron chi connectivity index (χ0n) is 18.2. The first-order valence-corrected chi connectivity index (χ1v) is 10.8. The smallest absolute Gasteiger partial charge is 0.345 e. The highest BCUT2D eigenvalue weighted by atomic mass is 16.5. The number of aliphatic hydroxyl groups is 1. The highest BCUT2D eigenvalue weighted by molar-refractivity contribution is 6.35. The van der Waals surface area contributed by atoms with Gasteiger partial charge in [0.25, 0.3) is 0 Å². The number of likely N-dealkylation sites (N-methyl/N-ethyl adjacent to an activating group) is 1. The van der Waals surface area contributed by atoms with E-state index in [1.54, 1.807) is 0 Å². The topological polar surface area (TPSA) is 131 Å².